The lowest BCUT2D eigenvalue weighted by atomic mass is 9.87. The van der Waals surface area contributed by atoms with E-state index in [1.807, 2.05) is 24.3 Å². The van der Waals surface area contributed by atoms with E-state index in [1.165, 1.54) is 17.7 Å². The van der Waals surface area contributed by atoms with Crippen LogP contribution in [-0.2, 0) is 16.8 Å². The number of oxazole rings is 1. The van der Waals surface area contributed by atoms with E-state index in [0.29, 0.717) is 11.3 Å². The predicted octanol–water partition coefficient (Wildman–Crippen LogP) is 3.00. The van der Waals surface area contributed by atoms with Crippen molar-refractivity contribution in [1.29, 1.82) is 0 Å². The zero-order valence-corrected chi connectivity index (χ0v) is 17.0. The first kappa shape index (κ1) is 21.1. The van der Waals surface area contributed by atoms with E-state index in [2.05, 4.69) is 26.1 Å². The van der Waals surface area contributed by atoms with Crippen LogP contribution in [0.25, 0.3) is 11.1 Å². The average Bonchev–Trinajstić information content (AvgIpc) is 2.99. The Kier molecular flexibility index (Phi) is 5.91. The maximum absolute atomic E-state index is 12.2. The van der Waals surface area contributed by atoms with Crippen molar-refractivity contribution >= 4 is 22.7 Å². The maximum Gasteiger partial charge on any atom is 0.420 e. The zero-order valence-electron chi connectivity index (χ0n) is 17.0. The van der Waals surface area contributed by atoms with E-state index in [1.54, 1.807) is 0 Å². The molecule has 0 saturated carbocycles. The topological polar surface area (TPSA) is 117 Å². The Morgan fingerprint density at radius 2 is 1.90 bits per heavy atom. The number of nitrogens with one attached hydrogen (secondary N) is 1. The van der Waals surface area contributed by atoms with Crippen LogP contribution in [0.3, 0.4) is 0 Å². The molecule has 0 saturated heterocycles. The lowest BCUT2D eigenvalue weighted by Gasteiger charge is -2.19. The number of hydrogen-bond donors (Lipinski definition) is 1. The van der Waals surface area contributed by atoms with Gasteiger partial charge in [0.15, 0.2) is 5.58 Å². The molecule has 1 amide bonds. The van der Waals surface area contributed by atoms with E-state index in [4.69, 9.17) is 9.15 Å². The minimum absolute atomic E-state index is 0.0593. The molecule has 0 aliphatic carbocycles. The SMILES string of the molecule is CC(C)(C)c1ccc(OCCNC(=O)Cn2c(=O)oc3cc([N+](=O)[O-])ccc32)cc1. The Bertz CT molecular complexity index is 1120. The molecule has 1 aromatic heterocycles. The van der Waals surface area contributed by atoms with Gasteiger partial charge in [-0.15, -0.1) is 0 Å². The zero-order chi connectivity index (χ0) is 21.9. The minimum Gasteiger partial charge on any atom is -0.492 e. The van der Waals surface area contributed by atoms with E-state index in [0.717, 1.165) is 10.6 Å². The van der Waals surface area contributed by atoms with Gasteiger partial charge in [-0.3, -0.25) is 19.5 Å². The molecule has 0 aliphatic heterocycles. The highest BCUT2D eigenvalue weighted by Gasteiger charge is 2.16. The number of nitro benzene ring substituents is 1. The number of aromatic nitrogens is 1. The molecule has 3 rings (SSSR count). The molecular weight excluding hydrogens is 390 g/mol. The summed E-state index contributed by atoms with van der Waals surface area (Å²) in [5.74, 6) is -0.448. The van der Waals surface area contributed by atoms with E-state index < -0.39 is 16.6 Å². The van der Waals surface area contributed by atoms with Crippen LogP contribution in [0, 0.1) is 10.1 Å². The number of non-ortho nitro benzene ring substituents is 1. The molecule has 9 nitrogen and oxygen atoms in total. The van der Waals surface area contributed by atoms with Gasteiger partial charge in [-0.25, -0.2) is 4.79 Å². The summed E-state index contributed by atoms with van der Waals surface area (Å²) in [4.78, 5) is 34.4. The lowest BCUT2D eigenvalue weighted by molar-refractivity contribution is -0.384. The fraction of sp³-hybridized carbons (Fsp3) is 0.333. The largest absolute Gasteiger partial charge is 0.492 e. The molecule has 158 valence electrons. The number of fused-ring (bicyclic) bond motifs is 1. The van der Waals surface area contributed by atoms with E-state index >= 15 is 0 Å². The van der Waals surface area contributed by atoms with Crippen LogP contribution in [-0.4, -0.2) is 28.5 Å². The summed E-state index contributed by atoms with van der Waals surface area (Å²) in [6.07, 6.45) is 0. The summed E-state index contributed by atoms with van der Waals surface area (Å²) in [6.45, 7) is 6.67. The molecule has 1 heterocycles. The summed E-state index contributed by atoms with van der Waals surface area (Å²) >= 11 is 0. The summed E-state index contributed by atoms with van der Waals surface area (Å²) in [6, 6.07) is 11.6. The average molecular weight is 413 g/mol. The Morgan fingerprint density at radius 1 is 1.20 bits per heavy atom. The van der Waals surface area contributed by atoms with Gasteiger partial charge < -0.3 is 14.5 Å². The highest BCUT2D eigenvalue weighted by molar-refractivity contribution is 5.80. The van der Waals surface area contributed by atoms with Gasteiger partial charge in [0.05, 0.1) is 23.1 Å². The van der Waals surface area contributed by atoms with Crippen molar-refractivity contribution in [2.45, 2.75) is 32.7 Å². The summed E-state index contributed by atoms with van der Waals surface area (Å²) in [5.41, 5.74) is 1.44. The number of nitro groups is 1. The van der Waals surface area contributed by atoms with Crippen LogP contribution >= 0.6 is 0 Å². The molecule has 2 aromatic carbocycles. The van der Waals surface area contributed by atoms with Crippen LogP contribution in [0.1, 0.15) is 26.3 Å². The molecule has 0 atom stereocenters. The van der Waals surface area contributed by atoms with Gasteiger partial charge in [-0.1, -0.05) is 32.9 Å². The van der Waals surface area contributed by atoms with Crippen LogP contribution in [0.4, 0.5) is 5.69 Å². The van der Waals surface area contributed by atoms with Gasteiger partial charge in [-0.05, 0) is 29.2 Å². The molecule has 0 radical (unpaired) electrons. The number of carbonyl (C=O) groups is 1. The molecule has 0 bridgehead atoms. The monoisotopic (exact) mass is 413 g/mol. The van der Waals surface area contributed by atoms with Crippen molar-refractivity contribution < 1.29 is 18.9 Å². The molecule has 0 fully saturated rings. The number of ether oxygens (including phenoxy) is 1. The lowest BCUT2D eigenvalue weighted by Crippen LogP contribution is -2.33. The number of rotatable bonds is 7. The molecule has 0 spiro atoms. The molecule has 0 unspecified atom stereocenters. The van der Waals surface area contributed by atoms with Crippen LogP contribution in [0.5, 0.6) is 5.75 Å². The second-order valence-corrected chi connectivity index (χ2v) is 7.84. The smallest absolute Gasteiger partial charge is 0.420 e. The molecule has 0 aliphatic rings. The van der Waals surface area contributed by atoms with Gasteiger partial charge in [0.1, 0.15) is 18.9 Å². The van der Waals surface area contributed by atoms with Gasteiger partial charge in [0.25, 0.3) is 5.69 Å². The normalized spacial score (nSPS) is 11.4. The number of benzene rings is 2. The minimum atomic E-state index is -0.754. The quantitative estimate of drug-likeness (QED) is 0.362. The highest BCUT2D eigenvalue weighted by atomic mass is 16.6. The van der Waals surface area contributed by atoms with Gasteiger partial charge in [0.2, 0.25) is 5.91 Å². The second-order valence-electron chi connectivity index (χ2n) is 7.84. The van der Waals surface area contributed by atoms with Gasteiger partial charge in [0, 0.05) is 6.07 Å². The standard InChI is InChI=1S/C21H23N3O6/c1-21(2,3)14-4-7-16(8-5-14)29-11-10-22-19(25)13-23-17-9-6-15(24(27)28)12-18(17)30-20(23)26/h4-9,12H,10-11,13H2,1-3H3,(H,22,25). The first-order chi connectivity index (χ1) is 14.1. The van der Waals surface area contributed by atoms with Crippen LogP contribution in [0.15, 0.2) is 51.7 Å². The van der Waals surface area contributed by atoms with Crippen LogP contribution < -0.4 is 15.8 Å². The fourth-order valence-electron chi connectivity index (χ4n) is 2.93. The fourth-order valence-corrected chi connectivity index (χ4v) is 2.93. The van der Waals surface area contributed by atoms with Crippen molar-refractivity contribution in [2.24, 2.45) is 0 Å². The number of nitrogens with zero attached hydrogens (tertiary/aromatic N) is 2. The van der Waals surface area contributed by atoms with E-state index in [-0.39, 0.29) is 36.4 Å². The Hall–Kier alpha value is -3.62. The molecule has 3 aromatic rings. The maximum atomic E-state index is 12.2. The number of hydrogen-bond acceptors (Lipinski definition) is 6. The summed E-state index contributed by atoms with van der Waals surface area (Å²) in [7, 11) is 0. The van der Waals surface area contributed by atoms with Crippen LogP contribution in [0.2, 0.25) is 0 Å². The third-order valence-corrected chi connectivity index (χ3v) is 4.58. The van der Waals surface area contributed by atoms with E-state index in [9.17, 15) is 19.7 Å². The molecule has 30 heavy (non-hydrogen) atoms. The summed E-state index contributed by atoms with van der Waals surface area (Å²) in [5, 5.41) is 13.5. The third kappa shape index (κ3) is 4.86. The Morgan fingerprint density at radius 3 is 2.53 bits per heavy atom. The first-order valence-corrected chi connectivity index (χ1v) is 9.43. The van der Waals surface area contributed by atoms with Gasteiger partial charge in [-0.2, -0.15) is 0 Å². The first-order valence-electron chi connectivity index (χ1n) is 9.43. The predicted molar refractivity (Wildman–Crippen MR) is 111 cm³/mol. The van der Waals surface area contributed by atoms with Crippen molar-refractivity contribution in [1.82, 2.24) is 9.88 Å². The van der Waals surface area contributed by atoms with Crippen molar-refractivity contribution in [3.63, 3.8) is 0 Å². The molecule has 9 heteroatoms. The molecule has 1 N–H and O–H groups in total. The highest BCUT2D eigenvalue weighted by Crippen LogP contribution is 2.24. The summed E-state index contributed by atoms with van der Waals surface area (Å²) < 4.78 is 11.8. The van der Waals surface area contributed by atoms with Crippen molar-refractivity contribution in [3.8, 4) is 5.75 Å². The van der Waals surface area contributed by atoms with Crippen molar-refractivity contribution in [2.75, 3.05) is 13.2 Å². The number of carbonyl (C=O) groups excluding carboxylic acids is 1. The Balaban J connectivity index is 1.53. The van der Waals surface area contributed by atoms with Crippen molar-refractivity contribution in [3.05, 3.63) is 68.7 Å². The third-order valence-electron chi connectivity index (χ3n) is 4.58. The number of amides is 1. The second kappa shape index (κ2) is 8.40. The molecular formula is C21H23N3O6. The van der Waals surface area contributed by atoms with Gasteiger partial charge >= 0.3 is 5.76 Å². The Labute approximate surface area is 172 Å².